The van der Waals surface area contributed by atoms with Crippen molar-refractivity contribution >= 4 is 11.6 Å². The Bertz CT molecular complexity index is 960. The maximum atomic E-state index is 13.2. The van der Waals surface area contributed by atoms with Crippen LogP contribution in [-0.2, 0) is 6.54 Å². The molecule has 0 aromatic heterocycles. The van der Waals surface area contributed by atoms with Crippen LogP contribution in [0.15, 0.2) is 48.5 Å². The minimum atomic E-state index is 0.187. The molecule has 1 amide bonds. The Hall–Kier alpha value is -2.53. The lowest BCUT2D eigenvalue weighted by Crippen LogP contribution is -2.42. The summed E-state index contributed by atoms with van der Waals surface area (Å²) in [6, 6.07) is 16.6. The molecule has 4 rings (SSSR count). The van der Waals surface area contributed by atoms with E-state index < -0.39 is 0 Å². The fourth-order valence-corrected chi connectivity index (χ4v) is 5.56. The molecule has 2 heterocycles. The molecule has 0 unspecified atom stereocenters. The van der Waals surface area contributed by atoms with Crippen molar-refractivity contribution in [2.45, 2.75) is 53.5 Å². The van der Waals surface area contributed by atoms with E-state index in [0.29, 0.717) is 5.92 Å². The molecule has 2 aromatic carbocycles. The summed E-state index contributed by atoms with van der Waals surface area (Å²) in [5, 5.41) is 0. The summed E-state index contributed by atoms with van der Waals surface area (Å²) in [5.41, 5.74) is 3.56. The number of hydrogen-bond acceptors (Lipinski definition) is 4. The molecule has 0 saturated carbocycles. The van der Waals surface area contributed by atoms with Gasteiger partial charge in [-0.2, -0.15) is 0 Å². The van der Waals surface area contributed by atoms with Gasteiger partial charge in [-0.15, -0.1) is 0 Å². The van der Waals surface area contributed by atoms with E-state index in [1.54, 1.807) is 0 Å². The molecule has 0 radical (unpaired) electrons. The zero-order valence-corrected chi connectivity index (χ0v) is 22.1. The van der Waals surface area contributed by atoms with Crippen LogP contribution in [0, 0.1) is 11.3 Å². The number of likely N-dealkylation sites (tertiary alicyclic amines) is 2. The molecule has 2 fully saturated rings. The first kappa shape index (κ1) is 25.6. The number of anilines is 1. The number of para-hydroxylation sites is 1. The number of carbonyl (C=O) groups is 1. The number of benzene rings is 2. The van der Waals surface area contributed by atoms with Gasteiger partial charge in [0.05, 0.1) is 6.61 Å². The topological polar surface area (TPSA) is 36.0 Å². The highest BCUT2D eigenvalue weighted by Gasteiger charge is 2.42. The van der Waals surface area contributed by atoms with Crippen LogP contribution in [-0.4, -0.2) is 61.6 Å². The maximum absolute atomic E-state index is 13.2. The Morgan fingerprint density at radius 2 is 1.63 bits per heavy atom. The molecule has 2 aliphatic rings. The Kier molecular flexibility index (Phi) is 8.38. The van der Waals surface area contributed by atoms with E-state index in [9.17, 15) is 4.79 Å². The SMILES string of the molecule is CCN(CC)c1ccc(C(=O)N2CCC3(CCN(Cc4ccccc4OCC(C)C)CC3)C2)cc1. The fourth-order valence-electron chi connectivity index (χ4n) is 5.56. The molecule has 0 bridgehead atoms. The molecule has 0 N–H and O–H groups in total. The first-order chi connectivity index (χ1) is 16.9. The third-order valence-corrected chi connectivity index (χ3v) is 7.82. The Balaban J connectivity index is 1.31. The molecule has 5 heteroatoms. The van der Waals surface area contributed by atoms with Crippen molar-refractivity contribution in [3.63, 3.8) is 0 Å². The normalized spacial score (nSPS) is 17.8. The minimum absolute atomic E-state index is 0.187. The lowest BCUT2D eigenvalue weighted by Gasteiger charge is -2.39. The summed E-state index contributed by atoms with van der Waals surface area (Å²) in [4.78, 5) is 20.2. The van der Waals surface area contributed by atoms with Crippen LogP contribution in [0.2, 0.25) is 0 Å². The van der Waals surface area contributed by atoms with Gasteiger partial charge in [0.25, 0.3) is 5.91 Å². The third kappa shape index (κ3) is 6.19. The van der Waals surface area contributed by atoms with E-state index in [0.717, 1.165) is 83.0 Å². The average Bonchev–Trinajstić information content (AvgIpc) is 3.29. The standard InChI is InChI=1S/C30H43N3O2/c1-5-32(6-2)27-13-11-25(12-14-27)29(34)33-20-17-30(23-33)15-18-31(19-16-30)21-26-9-7-8-10-28(26)35-22-24(3)4/h7-14,24H,5-6,15-23H2,1-4H3. The summed E-state index contributed by atoms with van der Waals surface area (Å²) in [5.74, 6) is 1.73. The van der Waals surface area contributed by atoms with Gasteiger partial charge in [-0.25, -0.2) is 0 Å². The van der Waals surface area contributed by atoms with Crippen LogP contribution in [0.25, 0.3) is 0 Å². The second kappa shape index (κ2) is 11.5. The largest absolute Gasteiger partial charge is 0.493 e. The number of amides is 1. The molecule has 2 saturated heterocycles. The van der Waals surface area contributed by atoms with Gasteiger partial charge in [0.2, 0.25) is 0 Å². The van der Waals surface area contributed by atoms with Gasteiger partial charge < -0.3 is 14.5 Å². The second-order valence-corrected chi connectivity index (χ2v) is 10.8. The molecular formula is C30H43N3O2. The number of carbonyl (C=O) groups excluding carboxylic acids is 1. The van der Waals surface area contributed by atoms with Crippen LogP contribution in [0.3, 0.4) is 0 Å². The summed E-state index contributed by atoms with van der Waals surface area (Å²) in [7, 11) is 0. The predicted octanol–water partition coefficient (Wildman–Crippen LogP) is 5.70. The number of nitrogens with zero attached hydrogens (tertiary/aromatic N) is 3. The fraction of sp³-hybridized carbons (Fsp3) is 0.567. The van der Waals surface area contributed by atoms with Gasteiger partial charge in [0.1, 0.15) is 5.75 Å². The summed E-state index contributed by atoms with van der Waals surface area (Å²) in [6.45, 7) is 16.3. The summed E-state index contributed by atoms with van der Waals surface area (Å²) >= 11 is 0. The van der Waals surface area contributed by atoms with E-state index in [1.807, 2.05) is 12.1 Å². The summed E-state index contributed by atoms with van der Waals surface area (Å²) in [6.07, 6.45) is 3.44. The lowest BCUT2D eigenvalue weighted by molar-refractivity contribution is 0.0712. The first-order valence-corrected chi connectivity index (χ1v) is 13.5. The number of hydrogen-bond donors (Lipinski definition) is 0. The zero-order chi connectivity index (χ0) is 24.8. The minimum Gasteiger partial charge on any atom is -0.493 e. The molecule has 190 valence electrons. The van der Waals surface area contributed by atoms with E-state index in [2.05, 4.69) is 78.8 Å². The monoisotopic (exact) mass is 477 g/mol. The maximum Gasteiger partial charge on any atom is 0.253 e. The highest BCUT2D eigenvalue weighted by Crippen LogP contribution is 2.41. The molecule has 0 atom stereocenters. The van der Waals surface area contributed by atoms with Crippen molar-refractivity contribution in [1.82, 2.24) is 9.80 Å². The molecule has 2 aromatic rings. The van der Waals surface area contributed by atoms with Gasteiger partial charge in [-0.1, -0.05) is 32.0 Å². The average molecular weight is 478 g/mol. The third-order valence-electron chi connectivity index (χ3n) is 7.82. The van der Waals surface area contributed by atoms with Crippen molar-refractivity contribution in [2.75, 3.05) is 50.8 Å². The highest BCUT2D eigenvalue weighted by molar-refractivity contribution is 5.94. The molecule has 35 heavy (non-hydrogen) atoms. The lowest BCUT2D eigenvalue weighted by atomic mass is 9.77. The van der Waals surface area contributed by atoms with Crippen molar-refractivity contribution in [3.8, 4) is 5.75 Å². The Morgan fingerprint density at radius 3 is 2.29 bits per heavy atom. The van der Waals surface area contributed by atoms with Crippen molar-refractivity contribution in [3.05, 3.63) is 59.7 Å². The van der Waals surface area contributed by atoms with Crippen molar-refractivity contribution in [2.24, 2.45) is 11.3 Å². The first-order valence-electron chi connectivity index (χ1n) is 13.5. The molecular weight excluding hydrogens is 434 g/mol. The van der Waals surface area contributed by atoms with Crippen molar-refractivity contribution in [1.29, 1.82) is 0 Å². The highest BCUT2D eigenvalue weighted by atomic mass is 16.5. The van der Waals surface area contributed by atoms with E-state index in [-0.39, 0.29) is 11.3 Å². The van der Waals surface area contributed by atoms with Crippen LogP contribution >= 0.6 is 0 Å². The molecule has 0 aliphatic carbocycles. The number of piperidine rings is 1. The van der Waals surface area contributed by atoms with Crippen LogP contribution in [0.5, 0.6) is 5.75 Å². The Labute approximate surface area is 212 Å². The number of ether oxygens (including phenoxy) is 1. The van der Waals surface area contributed by atoms with E-state index >= 15 is 0 Å². The predicted molar refractivity (Wildman–Crippen MR) is 144 cm³/mol. The number of rotatable bonds is 9. The van der Waals surface area contributed by atoms with Crippen LogP contribution in [0.4, 0.5) is 5.69 Å². The van der Waals surface area contributed by atoms with Crippen molar-refractivity contribution < 1.29 is 9.53 Å². The molecule has 5 nitrogen and oxygen atoms in total. The van der Waals surface area contributed by atoms with Gasteiger partial charge >= 0.3 is 0 Å². The van der Waals surface area contributed by atoms with Crippen LogP contribution < -0.4 is 9.64 Å². The Morgan fingerprint density at radius 1 is 0.971 bits per heavy atom. The van der Waals surface area contributed by atoms with Crippen LogP contribution in [0.1, 0.15) is 62.9 Å². The summed E-state index contributed by atoms with van der Waals surface area (Å²) < 4.78 is 6.08. The van der Waals surface area contributed by atoms with E-state index in [4.69, 9.17) is 4.74 Å². The van der Waals surface area contributed by atoms with Gasteiger partial charge in [-0.05, 0) is 87.9 Å². The molecule has 1 spiro atoms. The zero-order valence-electron chi connectivity index (χ0n) is 22.1. The smallest absolute Gasteiger partial charge is 0.253 e. The van der Waals surface area contributed by atoms with Gasteiger partial charge in [0.15, 0.2) is 0 Å². The van der Waals surface area contributed by atoms with Gasteiger partial charge in [0, 0.05) is 49.5 Å². The quantitative estimate of drug-likeness (QED) is 0.464. The second-order valence-electron chi connectivity index (χ2n) is 10.8. The van der Waals surface area contributed by atoms with E-state index in [1.165, 1.54) is 11.3 Å². The van der Waals surface area contributed by atoms with Gasteiger partial charge in [-0.3, -0.25) is 9.69 Å². The molecule has 2 aliphatic heterocycles.